The van der Waals surface area contributed by atoms with Crippen molar-refractivity contribution in [1.29, 1.82) is 0 Å². The fraction of sp³-hybridized carbons (Fsp3) is 0.273. The van der Waals surface area contributed by atoms with Gasteiger partial charge >= 0.3 is 6.03 Å². The van der Waals surface area contributed by atoms with Crippen LogP contribution in [0.5, 0.6) is 11.5 Å². The zero-order valence-corrected chi connectivity index (χ0v) is 10.0. The Bertz CT molecular complexity index is 432. The molecule has 1 aromatic rings. The van der Waals surface area contributed by atoms with E-state index in [1.165, 1.54) is 13.3 Å². The average molecular weight is 237 g/mol. The molecule has 6 nitrogen and oxygen atoms in total. The van der Waals surface area contributed by atoms with Gasteiger partial charge in [-0.05, 0) is 23.8 Å². The molecule has 0 saturated carbocycles. The Hall–Kier alpha value is -2.24. The monoisotopic (exact) mass is 237 g/mol. The Morgan fingerprint density at radius 1 is 1.35 bits per heavy atom. The van der Waals surface area contributed by atoms with E-state index in [1.54, 1.807) is 32.4 Å². The topological polar surface area (TPSA) is 77.1 Å². The minimum absolute atomic E-state index is 0.596. The smallest absolute Gasteiger partial charge is 0.334 e. The van der Waals surface area contributed by atoms with Gasteiger partial charge in [-0.25, -0.2) is 9.80 Å². The number of hydrogen-bond donors (Lipinski definition) is 1. The van der Waals surface area contributed by atoms with Crippen molar-refractivity contribution in [2.75, 3.05) is 21.3 Å². The molecule has 0 radical (unpaired) electrons. The molecular formula is C11H15N3O3. The van der Waals surface area contributed by atoms with Crippen LogP contribution in [0.3, 0.4) is 0 Å². The molecule has 0 spiro atoms. The van der Waals surface area contributed by atoms with E-state index in [0.717, 1.165) is 10.6 Å². The first-order chi connectivity index (χ1) is 8.08. The SMILES string of the molecule is COc1ccc(/C=N\N(C)C(N)=O)cc1OC. The zero-order valence-electron chi connectivity index (χ0n) is 10.0. The van der Waals surface area contributed by atoms with E-state index in [1.807, 2.05) is 0 Å². The molecule has 0 aliphatic heterocycles. The molecular weight excluding hydrogens is 222 g/mol. The molecule has 2 amide bonds. The number of hydrazone groups is 1. The van der Waals surface area contributed by atoms with Crippen LogP contribution in [0.2, 0.25) is 0 Å². The maximum absolute atomic E-state index is 10.7. The molecule has 92 valence electrons. The van der Waals surface area contributed by atoms with Crippen molar-refractivity contribution in [3.05, 3.63) is 23.8 Å². The minimum Gasteiger partial charge on any atom is -0.493 e. The molecule has 0 fully saturated rings. The number of methoxy groups -OCH3 is 2. The van der Waals surface area contributed by atoms with Crippen LogP contribution in [0.4, 0.5) is 4.79 Å². The third kappa shape index (κ3) is 3.37. The molecule has 0 aliphatic rings. The number of nitrogens with zero attached hydrogens (tertiary/aromatic N) is 2. The van der Waals surface area contributed by atoms with Crippen LogP contribution in [-0.4, -0.2) is 38.5 Å². The Balaban J connectivity index is 2.89. The highest BCUT2D eigenvalue weighted by Gasteiger charge is 2.03. The van der Waals surface area contributed by atoms with Crippen molar-refractivity contribution < 1.29 is 14.3 Å². The van der Waals surface area contributed by atoms with Crippen LogP contribution in [0.25, 0.3) is 0 Å². The van der Waals surface area contributed by atoms with Gasteiger partial charge in [0.05, 0.1) is 20.4 Å². The molecule has 1 rings (SSSR count). The van der Waals surface area contributed by atoms with Crippen molar-refractivity contribution in [3.8, 4) is 11.5 Å². The summed E-state index contributed by atoms with van der Waals surface area (Å²) in [6.45, 7) is 0. The van der Waals surface area contributed by atoms with Crippen molar-refractivity contribution in [2.24, 2.45) is 10.8 Å². The van der Waals surface area contributed by atoms with E-state index in [4.69, 9.17) is 15.2 Å². The predicted molar refractivity (Wildman–Crippen MR) is 64.5 cm³/mol. The molecule has 0 aromatic heterocycles. The van der Waals surface area contributed by atoms with Gasteiger partial charge in [-0.15, -0.1) is 0 Å². The highest BCUT2D eigenvalue weighted by atomic mass is 16.5. The quantitative estimate of drug-likeness (QED) is 0.628. The fourth-order valence-electron chi connectivity index (χ4n) is 1.14. The summed E-state index contributed by atoms with van der Waals surface area (Å²) in [7, 11) is 4.58. The number of urea groups is 1. The largest absolute Gasteiger partial charge is 0.493 e. The first-order valence-electron chi connectivity index (χ1n) is 4.87. The molecule has 0 unspecified atom stereocenters. The summed E-state index contributed by atoms with van der Waals surface area (Å²) < 4.78 is 10.2. The number of ether oxygens (including phenoxy) is 2. The van der Waals surface area contributed by atoms with Crippen molar-refractivity contribution in [2.45, 2.75) is 0 Å². The maximum Gasteiger partial charge on any atom is 0.334 e. The number of rotatable bonds is 4. The van der Waals surface area contributed by atoms with E-state index in [9.17, 15) is 4.79 Å². The number of primary amides is 1. The van der Waals surface area contributed by atoms with Gasteiger partial charge in [0.25, 0.3) is 0 Å². The highest BCUT2D eigenvalue weighted by molar-refractivity contribution is 5.82. The van der Waals surface area contributed by atoms with Crippen molar-refractivity contribution >= 4 is 12.2 Å². The lowest BCUT2D eigenvalue weighted by Gasteiger charge is -2.08. The summed E-state index contributed by atoms with van der Waals surface area (Å²) in [6.07, 6.45) is 1.51. The Morgan fingerprint density at radius 2 is 2.00 bits per heavy atom. The van der Waals surface area contributed by atoms with E-state index in [-0.39, 0.29) is 0 Å². The van der Waals surface area contributed by atoms with Gasteiger partial charge in [0.15, 0.2) is 11.5 Å². The molecule has 2 N–H and O–H groups in total. The second-order valence-corrected chi connectivity index (χ2v) is 3.22. The second-order valence-electron chi connectivity index (χ2n) is 3.22. The number of carbonyl (C=O) groups excluding carboxylic acids is 1. The minimum atomic E-state index is -0.623. The first-order valence-corrected chi connectivity index (χ1v) is 4.87. The lowest BCUT2D eigenvalue weighted by Crippen LogP contribution is -2.27. The van der Waals surface area contributed by atoms with Gasteiger partial charge in [-0.1, -0.05) is 0 Å². The molecule has 17 heavy (non-hydrogen) atoms. The Morgan fingerprint density at radius 3 is 2.53 bits per heavy atom. The van der Waals surface area contributed by atoms with Crippen molar-refractivity contribution in [3.63, 3.8) is 0 Å². The molecule has 0 atom stereocenters. The van der Waals surface area contributed by atoms with E-state index < -0.39 is 6.03 Å². The fourth-order valence-corrected chi connectivity index (χ4v) is 1.14. The van der Waals surface area contributed by atoms with Crippen LogP contribution < -0.4 is 15.2 Å². The summed E-state index contributed by atoms with van der Waals surface area (Å²) in [5, 5.41) is 4.90. The summed E-state index contributed by atoms with van der Waals surface area (Å²) in [6, 6.07) is 4.67. The van der Waals surface area contributed by atoms with Gasteiger partial charge in [0.1, 0.15) is 0 Å². The van der Waals surface area contributed by atoms with Gasteiger partial charge in [-0.2, -0.15) is 5.10 Å². The molecule has 0 bridgehead atoms. The predicted octanol–water partition coefficient (Wildman–Crippen LogP) is 1.05. The molecule has 0 heterocycles. The first kappa shape index (κ1) is 12.8. The second kappa shape index (κ2) is 5.74. The molecule has 6 heteroatoms. The molecule has 1 aromatic carbocycles. The number of carbonyl (C=O) groups is 1. The number of amides is 2. The third-order valence-electron chi connectivity index (χ3n) is 2.11. The summed E-state index contributed by atoms with van der Waals surface area (Å²) in [5.41, 5.74) is 5.80. The van der Waals surface area contributed by atoms with Gasteiger partial charge in [0, 0.05) is 7.05 Å². The molecule has 0 saturated heterocycles. The summed E-state index contributed by atoms with van der Waals surface area (Å²) in [5.74, 6) is 1.23. The zero-order chi connectivity index (χ0) is 12.8. The Kier molecular flexibility index (Phi) is 4.33. The van der Waals surface area contributed by atoms with Crippen LogP contribution in [0.15, 0.2) is 23.3 Å². The van der Waals surface area contributed by atoms with Gasteiger partial charge in [0.2, 0.25) is 0 Å². The van der Waals surface area contributed by atoms with Crippen LogP contribution in [-0.2, 0) is 0 Å². The summed E-state index contributed by atoms with van der Waals surface area (Å²) >= 11 is 0. The maximum atomic E-state index is 10.7. The lowest BCUT2D eigenvalue weighted by atomic mass is 10.2. The van der Waals surface area contributed by atoms with Crippen LogP contribution in [0.1, 0.15) is 5.56 Å². The lowest BCUT2D eigenvalue weighted by molar-refractivity contribution is 0.220. The highest BCUT2D eigenvalue weighted by Crippen LogP contribution is 2.26. The van der Waals surface area contributed by atoms with Gasteiger partial charge in [-0.3, -0.25) is 0 Å². The van der Waals surface area contributed by atoms with E-state index in [2.05, 4.69) is 5.10 Å². The van der Waals surface area contributed by atoms with E-state index >= 15 is 0 Å². The molecule has 0 aliphatic carbocycles. The Labute approximate surface area is 99.6 Å². The van der Waals surface area contributed by atoms with E-state index in [0.29, 0.717) is 11.5 Å². The summed E-state index contributed by atoms with van der Waals surface area (Å²) in [4.78, 5) is 10.7. The van der Waals surface area contributed by atoms with Crippen molar-refractivity contribution in [1.82, 2.24) is 5.01 Å². The van der Waals surface area contributed by atoms with Gasteiger partial charge < -0.3 is 15.2 Å². The number of hydrogen-bond acceptors (Lipinski definition) is 4. The van der Waals surface area contributed by atoms with Crippen LogP contribution >= 0.6 is 0 Å². The van der Waals surface area contributed by atoms with Crippen LogP contribution in [0, 0.1) is 0 Å². The normalized spacial score (nSPS) is 10.3. The third-order valence-corrected chi connectivity index (χ3v) is 2.11. The average Bonchev–Trinajstić information content (AvgIpc) is 2.35. The number of nitrogens with two attached hydrogens (primary N) is 1. The number of benzene rings is 1. The standard InChI is InChI=1S/C11H15N3O3/c1-14(11(12)15)13-7-8-4-5-9(16-2)10(6-8)17-3/h4-7H,1-3H3,(H2,12,15)/b13-7-.